The van der Waals surface area contributed by atoms with Gasteiger partial charge in [-0.05, 0) is 24.3 Å². The molecule has 0 aliphatic carbocycles. The van der Waals surface area contributed by atoms with Crippen LogP contribution in [0.3, 0.4) is 0 Å². The molecule has 0 radical (unpaired) electrons. The van der Waals surface area contributed by atoms with E-state index in [9.17, 15) is 0 Å². The number of hydrogen-bond donors (Lipinski definition) is 1. The minimum Gasteiger partial charge on any atom is -0.474 e. The molecule has 1 aliphatic rings. The molecule has 3 rings (SSSR count). The van der Waals surface area contributed by atoms with Crippen LogP contribution < -0.4 is 15.4 Å². The number of anilines is 2. The first-order valence-corrected chi connectivity index (χ1v) is 7.48. The van der Waals surface area contributed by atoms with E-state index < -0.39 is 0 Å². The van der Waals surface area contributed by atoms with Gasteiger partial charge in [-0.15, -0.1) is 0 Å². The topological polar surface area (TPSA) is 51.4 Å². The molecule has 0 saturated carbocycles. The maximum atomic E-state index is 6.04. The molecule has 2 N–H and O–H groups in total. The van der Waals surface area contributed by atoms with Crippen LogP contribution in [0.15, 0.2) is 42.6 Å². The zero-order chi connectivity index (χ0) is 14.7. The Morgan fingerprint density at radius 1 is 1.19 bits per heavy atom. The van der Waals surface area contributed by atoms with Crippen molar-refractivity contribution in [2.24, 2.45) is 0 Å². The van der Waals surface area contributed by atoms with Gasteiger partial charge in [0.05, 0.1) is 11.4 Å². The molecule has 0 amide bonds. The Hall–Kier alpha value is -1.94. The Morgan fingerprint density at radius 2 is 2.00 bits per heavy atom. The number of aromatic nitrogens is 1. The van der Waals surface area contributed by atoms with E-state index in [0.29, 0.717) is 10.9 Å². The normalized spacial score (nSPS) is 16.0. The van der Waals surface area contributed by atoms with Crippen LogP contribution in [0, 0.1) is 0 Å². The van der Waals surface area contributed by atoms with Crippen molar-refractivity contribution in [3.63, 3.8) is 0 Å². The van der Waals surface area contributed by atoms with E-state index in [1.54, 1.807) is 12.3 Å². The smallest absolute Gasteiger partial charge is 0.213 e. The SMILES string of the molecule is Nc1cc(Cl)ccc1N1CCC(Oc2ccccn2)CC1. The zero-order valence-corrected chi connectivity index (χ0v) is 12.5. The predicted octanol–water partition coefficient (Wildman–Crippen LogP) is 3.37. The van der Waals surface area contributed by atoms with Crippen molar-refractivity contribution in [3.8, 4) is 5.88 Å². The molecule has 5 heteroatoms. The van der Waals surface area contributed by atoms with Crippen LogP contribution in [-0.4, -0.2) is 24.2 Å². The maximum absolute atomic E-state index is 6.04. The lowest BCUT2D eigenvalue weighted by Gasteiger charge is -2.34. The van der Waals surface area contributed by atoms with Crippen LogP contribution in [0.4, 0.5) is 11.4 Å². The van der Waals surface area contributed by atoms with E-state index in [4.69, 9.17) is 22.1 Å². The molecule has 0 bridgehead atoms. The number of hydrogen-bond acceptors (Lipinski definition) is 4. The number of rotatable bonds is 3. The van der Waals surface area contributed by atoms with Gasteiger partial charge in [-0.25, -0.2) is 4.98 Å². The van der Waals surface area contributed by atoms with Gasteiger partial charge in [0.15, 0.2) is 0 Å². The summed E-state index contributed by atoms with van der Waals surface area (Å²) < 4.78 is 5.90. The fourth-order valence-corrected chi connectivity index (χ4v) is 2.80. The highest BCUT2D eigenvalue weighted by atomic mass is 35.5. The summed E-state index contributed by atoms with van der Waals surface area (Å²) in [6, 6.07) is 11.4. The summed E-state index contributed by atoms with van der Waals surface area (Å²) in [6.07, 6.45) is 3.88. The van der Waals surface area contributed by atoms with Crippen LogP contribution in [0.1, 0.15) is 12.8 Å². The van der Waals surface area contributed by atoms with Gasteiger partial charge in [0, 0.05) is 43.2 Å². The molecule has 0 spiro atoms. The number of nitrogens with zero attached hydrogens (tertiary/aromatic N) is 2. The number of pyridine rings is 1. The van der Waals surface area contributed by atoms with Crippen molar-refractivity contribution in [3.05, 3.63) is 47.6 Å². The Balaban J connectivity index is 1.60. The summed E-state index contributed by atoms with van der Waals surface area (Å²) in [4.78, 5) is 6.49. The fourth-order valence-electron chi connectivity index (χ4n) is 2.62. The fraction of sp³-hybridized carbons (Fsp3) is 0.312. The number of piperidine rings is 1. The van der Waals surface area contributed by atoms with E-state index in [-0.39, 0.29) is 6.10 Å². The van der Waals surface area contributed by atoms with Gasteiger partial charge in [0.2, 0.25) is 5.88 Å². The second-order valence-corrected chi connectivity index (χ2v) is 5.61. The average Bonchev–Trinajstić information content (AvgIpc) is 2.49. The molecule has 1 aliphatic heterocycles. The molecule has 0 atom stereocenters. The molecular weight excluding hydrogens is 286 g/mol. The molecule has 1 fully saturated rings. The Bertz CT molecular complexity index is 598. The number of ether oxygens (including phenoxy) is 1. The highest BCUT2D eigenvalue weighted by Gasteiger charge is 2.22. The minimum absolute atomic E-state index is 0.213. The molecule has 1 aromatic carbocycles. The van der Waals surface area contributed by atoms with Crippen molar-refractivity contribution in [1.29, 1.82) is 0 Å². The van der Waals surface area contributed by atoms with Crippen LogP contribution in [0.2, 0.25) is 5.02 Å². The molecule has 2 heterocycles. The molecule has 2 aromatic rings. The van der Waals surface area contributed by atoms with Gasteiger partial charge in [0.1, 0.15) is 6.10 Å². The molecule has 1 saturated heterocycles. The predicted molar refractivity (Wildman–Crippen MR) is 86.0 cm³/mol. The first-order chi connectivity index (χ1) is 10.2. The van der Waals surface area contributed by atoms with Crippen LogP contribution in [-0.2, 0) is 0 Å². The molecule has 0 unspecified atom stereocenters. The van der Waals surface area contributed by atoms with E-state index >= 15 is 0 Å². The van der Waals surface area contributed by atoms with Crippen molar-refractivity contribution in [1.82, 2.24) is 4.98 Å². The molecular formula is C16H18ClN3O. The Morgan fingerprint density at radius 3 is 2.67 bits per heavy atom. The van der Waals surface area contributed by atoms with Crippen LogP contribution in [0.5, 0.6) is 5.88 Å². The standard InChI is InChI=1S/C16H18ClN3O/c17-12-4-5-15(14(18)11-12)20-9-6-13(7-10-20)21-16-3-1-2-8-19-16/h1-5,8,11,13H,6-7,9-10,18H2. The van der Waals surface area contributed by atoms with Gasteiger partial charge in [-0.2, -0.15) is 0 Å². The summed E-state index contributed by atoms with van der Waals surface area (Å²) in [5.41, 5.74) is 7.82. The zero-order valence-electron chi connectivity index (χ0n) is 11.7. The highest BCUT2D eigenvalue weighted by molar-refractivity contribution is 6.31. The number of nitrogens with two attached hydrogens (primary N) is 1. The quantitative estimate of drug-likeness (QED) is 0.883. The number of halogens is 1. The van der Waals surface area contributed by atoms with E-state index in [2.05, 4.69) is 9.88 Å². The lowest BCUT2D eigenvalue weighted by molar-refractivity contribution is 0.164. The first kappa shape index (κ1) is 14.0. The molecule has 21 heavy (non-hydrogen) atoms. The summed E-state index contributed by atoms with van der Waals surface area (Å²) in [5.74, 6) is 0.696. The Kier molecular flexibility index (Phi) is 4.15. The van der Waals surface area contributed by atoms with Crippen LogP contribution >= 0.6 is 11.6 Å². The third-order valence-corrected chi connectivity index (χ3v) is 3.93. The third kappa shape index (κ3) is 3.39. The van der Waals surface area contributed by atoms with Crippen molar-refractivity contribution in [2.75, 3.05) is 23.7 Å². The summed E-state index contributed by atoms with van der Waals surface area (Å²) in [5, 5.41) is 0.671. The summed E-state index contributed by atoms with van der Waals surface area (Å²) >= 11 is 5.94. The minimum atomic E-state index is 0.213. The second-order valence-electron chi connectivity index (χ2n) is 5.18. The molecule has 4 nitrogen and oxygen atoms in total. The first-order valence-electron chi connectivity index (χ1n) is 7.10. The van der Waals surface area contributed by atoms with Gasteiger partial charge in [-0.3, -0.25) is 0 Å². The van der Waals surface area contributed by atoms with E-state index in [1.807, 2.05) is 30.3 Å². The summed E-state index contributed by atoms with van der Waals surface area (Å²) in [7, 11) is 0. The van der Waals surface area contributed by atoms with E-state index in [1.165, 1.54) is 0 Å². The molecule has 1 aromatic heterocycles. The second kappa shape index (κ2) is 6.22. The van der Waals surface area contributed by atoms with Gasteiger partial charge >= 0.3 is 0 Å². The number of nitrogen functional groups attached to an aromatic ring is 1. The molecule has 110 valence electrons. The van der Waals surface area contributed by atoms with Gasteiger partial charge < -0.3 is 15.4 Å². The monoisotopic (exact) mass is 303 g/mol. The summed E-state index contributed by atoms with van der Waals surface area (Å²) in [6.45, 7) is 1.84. The van der Waals surface area contributed by atoms with E-state index in [0.717, 1.165) is 37.3 Å². The Labute approximate surface area is 129 Å². The van der Waals surface area contributed by atoms with Crippen molar-refractivity contribution in [2.45, 2.75) is 18.9 Å². The lowest BCUT2D eigenvalue weighted by Crippen LogP contribution is -2.38. The van der Waals surface area contributed by atoms with Gasteiger partial charge in [0.25, 0.3) is 0 Å². The maximum Gasteiger partial charge on any atom is 0.213 e. The van der Waals surface area contributed by atoms with Crippen molar-refractivity contribution < 1.29 is 4.74 Å². The highest BCUT2D eigenvalue weighted by Crippen LogP contribution is 2.29. The van der Waals surface area contributed by atoms with Gasteiger partial charge in [-0.1, -0.05) is 17.7 Å². The van der Waals surface area contributed by atoms with Crippen LogP contribution in [0.25, 0.3) is 0 Å². The number of benzene rings is 1. The third-order valence-electron chi connectivity index (χ3n) is 3.70. The largest absolute Gasteiger partial charge is 0.474 e. The lowest BCUT2D eigenvalue weighted by atomic mass is 10.1. The van der Waals surface area contributed by atoms with Crippen molar-refractivity contribution >= 4 is 23.0 Å². The average molecular weight is 304 g/mol.